The molecule has 0 bridgehead atoms. The summed E-state index contributed by atoms with van der Waals surface area (Å²) >= 11 is 0. The maximum atomic E-state index is 12.5. The fourth-order valence-electron chi connectivity index (χ4n) is 3.20. The van der Waals surface area contributed by atoms with Crippen molar-refractivity contribution < 1.29 is 9.90 Å². The molecule has 5 nitrogen and oxygen atoms in total. The molecule has 1 aliphatic rings. The van der Waals surface area contributed by atoms with Crippen LogP contribution in [0.3, 0.4) is 0 Å². The summed E-state index contributed by atoms with van der Waals surface area (Å²) in [6.45, 7) is 3.14. The first-order valence-corrected chi connectivity index (χ1v) is 8.43. The van der Waals surface area contributed by atoms with Gasteiger partial charge in [0.05, 0.1) is 11.7 Å². The number of nitrogens with zero attached hydrogens (tertiary/aromatic N) is 3. The van der Waals surface area contributed by atoms with E-state index in [0.717, 1.165) is 18.4 Å². The van der Waals surface area contributed by atoms with Crippen molar-refractivity contribution in [2.75, 3.05) is 13.1 Å². The minimum atomic E-state index is -0.354. The van der Waals surface area contributed by atoms with E-state index in [9.17, 15) is 9.90 Å². The Morgan fingerprint density at radius 2 is 1.83 bits per heavy atom. The van der Waals surface area contributed by atoms with Crippen molar-refractivity contribution in [2.24, 2.45) is 5.92 Å². The first-order chi connectivity index (χ1) is 11.6. The molecule has 3 rings (SSSR count). The summed E-state index contributed by atoms with van der Waals surface area (Å²) in [4.78, 5) is 22.5. The molecule has 2 aromatic rings. The van der Waals surface area contributed by atoms with Gasteiger partial charge in [0.2, 0.25) is 0 Å². The third-order valence-corrected chi connectivity index (χ3v) is 4.69. The third kappa shape index (κ3) is 3.97. The van der Waals surface area contributed by atoms with Crippen LogP contribution in [0.2, 0.25) is 0 Å². The number of amides is 1. The van der Waals surface area contributed by atoms with Gasteiger partial charge < -0.3 is 10.0 Å². The molecule has 1 fully saturated rings. The van der Waals surface area contributed by atoms with E-state index in [2.05, 4.69) is 9.97 Å². The number of aliphatic hydroxyl groups excluding tert-OH is 1. The fourth-order valence-corrected chi connectivity index (χ4v) is 3.20. The standard InChI is InChI=1S/C19H23N3O2/c1-14-20-12-17(13-21-14)19(24)22-9-7-16(8-10-22)18(23)11-15-5-3-2-4-6-15/h2-6,12-13,16,18,23H,7-11H2,1H3/t18-/m0/s1. The second-order valence-electron chi connectivity index (χ2n) is 6.41. The first-order valence-electron chi connectivity index (χ1n) is 8.43. The average molecular weight is 325 g/mol. The molecular weight excluding hydrogens is 302 g/mol. The monoisotopic (exact) mass is 325 g/mol. The predicted octanol–water partition coefficient (Wildman–Crippen LogP) is 2.24. The summed E-state index contributed by atoms with van der Waals surface area (Å²) in [6.07, 6.45) is 5.14. The minimum absolute atomic E-state index is 0.0222. The summed E-state index contributed by atoms with van der Waals surface area (Å²) in [7, 11) is 0. The lowest BCUT2D eigenvalue weighted by Gasteiger charge is -2.34. The van der Waals surface area contributed by atoms with Gasteiger partial charge in [-0.15, -0.1) is 0 Å². The number of hydrogen-bond acceptors (Lipinski definition) is 4. The molecule has 1 saturated heterocycles. The lowest BCUT2D eigenvalue weighted by Crippen LogP contribution is -2.41. The van der Waals surface area contributed by atoms with Crippen LogP contribution in [0.25, 0.3) is 0 Å². The Hall–Kier alpha value is -2.27. The molecule has 1 amide bonds. The molecule has 0 unspecified atom stereocenters. The lowest BCUT2D eigenvalue weighted by atomic mass is 9.88. The maximum absolute atomic E-state index is 12.5. The number of aromatic nitrogens is 2. The number of likely N-dealkylation sites (tertiary alicyclic amines) is 1. The molecule has 1 N–H and O–H groups in total. The molecule has 1 atom stereocenters. The van der Waals surface area contributed by atoms with Crippen LogP contribution in [0.1, 0.15) is 34.6 Å². The third-order valence-electron chi connectivity index (χ3n) is 4.69. The van der Waals surface area contributed by atoms with E-state index < -0.39 is 0 Å². The zero-order chi connectivity index (χ0) is 16.9. The Morgan fingerprint density at radius 1 is 1.21 bits per heavy atom. The summed E-state index contributed by atoms with van der Waals surface area (Å²) in [5, 5.41) is 10.5. The Morgan fingerprint density at radius 3 is 2.46 bits per heavy atom. The molecule has 0 saturated carbocycles. The number of hydrogen-bond donors (Lipinski definition) is 1. The molecule has 1 aromatic heterocycles. The maximum Gasteiger partial charge on any atom is 0.256 e. The van der Waals surface area contributed by atoms with E-state index in [1.165, 1.54) is 0 Å². The molecular formula is C19H23N3O2. The van der Waals surface area contributed by atoms with Crippen LogP contribution < -0.4 is 0 Å². The van der Waals surface area contributed by atoms with Crippen molar-refractivity contribution in [3.8, 4) is 0 Å². The van der Waals surface area contributed by atoms with Gasteiger partial charge in [0.15, 0.2) is 0 Å². The van der Waals surface area contributed by atoms with E-state index in [1.807, 2.05) is 35.2 Å². The molecule has 24 heavy (non-hydrogen) atoms. The topological polar surface area (TPSA) is 66.3 Å². The van der Waals surface area contributed by atoms with E-state index >= 15 is 0 Å². The highest BCUT2D eigenvalue weighted by Crippen LogP contribution is 2.24. The highest BCUT2D eigenvalue weighted by Gasteiger charge is 2.28. The Kier molecular flexibility index (Phi) is 5.20. The Labute approximate surface area is 142 Å². The van der Waals surface area contributed by atoms with Crippen LogP contribution in [-0.2, 0) is 6.42 Å². The van der Waals surface area contributed by atoms with Gasteiger partial charge in [-0.25, -0.2) is 9.97 Å². The predicted molar refractivity (Wildman–Crippen MR) is 91.5 cm³/mol. The zero-order valence-corrected chi connectivity index (χ0v) is 13.9. The lowest BCUT2D eigenvalue weighted by molar-refractivity contribution is 0.0467. The fraction of sp³-hybridized carbons (Fsp3) is 0.421. The highest BCUT2D eigenvalue weighted by atomic mass is 16.3. The van der Waals surface area contributed by atoms with E-state index in [1.54, 1.807) is 19.3 Å². The zero-order valence-electron chi connectivity index (χ0n) is 13.9. The average Bonchev–Trinajstić information content (AvgIpc) is 2.63. The number of aryl methyl sites for hydroxylation is 1. The summed E-state index contributed by atoms with van der Waals surface area (Å²) in [5.74, 6) is 0.879. The van der Waals surface area contributed by atoms with Crippen LogP contribution >= 0.6 is 0 Å². The molecule has 2 heterocycles. The van der Waals surface area contributed by atoms with Gasteiger partial charge >= 0.3 is 0 Å². The molecule has 5 heteroatoms. The van der Waals surface area contributed by atoms with Gasteiger partial charge in [-0.2, -0.15) is 0 Å². The van der Waals surface area contributed by atoms with Crippen LogP contribution in [-0.4, -0.2) is 45.1 Å². The van der Waals surface area contributed by atoms with E-state index in [4.69, 9.17) is 0 Å². The van der Waals surface area contributed by atoms with Gasteiger partial charge in [-0.05, 0) is 37.7 Å². The summed E-state index contributed by atoms with van der Waals surface area (Å²) < 4.78 is 0. The SMILES string of the molecule is Cc1ncc(C(=O)N2CCC([C@@H](O)Cc3ccccc3)CC2)cn1. The number of benzene rings is 1. The molecule has 0 aliphatic carbocycles. The number of carbonyl (C=O) groups excluding carboxylic acids is 1. The van der Waals surface area contributed by atoms with Crippen LogP contribution in [0.5, 0.6) is 0 Å². The Bertz CT molecular complexity index is 665. The van der Waals surface area contributed by atoms with Crippen LogP contribution in [0, 0.1) is 12.8 Å². The van der Waals surface area contributed by atoms with Crippen molar-refractivity contribution in [1.82, 2.24) is 14.9 Å². The van der Waals surface area contributed by atoms with Crippen molar-refractivity contribution >= 4 is 5.91 Å². The van der Waals surface area contributed by atoms with Gasteiger partial charge in [0.25, 0.3) is 5.91 Å². The van der Waals surface area contributed by atoms with Crippen LogP contribution in [0.15, 0.2) is 42.7 Å². The normalized spacial score (nSPS) is 16.8. The minimum Gasteiger partial charge on any atom is -0.392 e. The number of carbonyl (C=O) groups is 1. The van der Waals surface area contributed by atoms with Crippen molar-refractivity contribution in [3.05, 3.63) is 59.7 Å². The van der Waals surface area contributed by atoms with Crippen molar-refractivity contribution in [1.29, 1.82) is 0 Å². The van der Waals surface area contributed by atoms with Gasteiger partial charge in [0, 0.05) is 25.5 Å². The quantitative estimate of drug-likeness (QED) is 0.936. The van der Waals surface area contributed by atoms with Crippen molar-refractivity contribution in [2.45, 2.75) is 32.3 Å². The molecule has 0 radical (unpaired) electrons. The number of aliphatic hydroxyl groups is 1. The van der Waals surface area contributed by atoms with Gasteiger partial charge in [-0.3, -0.25) is 4.79 Å². The molecule has 126 valence electrons. The van der Waals surface area contributed by atoms with Gasteiger partial charge in [0.1, 0.15) is 5.82 Å². The smallest absolute Gasteiger partial charge is 0.256 e. The van der Waals surface area contributed by atoms with Crippen LogP contribution in [0.4, 0.5) is 0 Å². The van der Waals surface area contributed by atoms with E-state index in [0.29, 0.717) is 30.9 Å². The van der Waals surface area contributed by atoms with Gasteiger partial charge in [-0.1, -0.05) is 30.3 Å². The van der Waals surface area contributed by atoms with E-state index in [-0.39, 0.29) is 17.9 Å². The molecule has 1 aromatic carbocycles. The summed E-state index contributed by atoms with van der Waals surface area (Å²) in [5.41, 5.74) is 1.68. The number of piperidine rings is 1. The largest absolute Gasteiger partial charge is 0.392 e. The molecule has 0 spiro atoms. The van der Waals surface area contributed by atoms with Crippen molar-refractivity contribution in [3.63, 3.8) is 0 Å². The second-order valence-corrected chi connectivity index (χ2v) is 6.41. The molecule has 1 aliphatic heterocycles. The number of rotatable bonds is 4. The Balaban J connectivity index is 1.53. The summed E-state index contributed by atoms with van der Waals surface area (Å²) in [6, 6.07) is 10.0. The second kappa shape index (κ2) is 7.53. The first kappa shape index (κ1) is 16.6. The highest BCUT2D eigenvalue weighted by molar-refractivity contribution is 5.93.